The number of carbonyl (C=O) groups is 1. The zero-order valence-corrected chi connectivity index (χ0v) is 11.6. The molecule has 0 aliphatic carbocycles. The molecular formula is C10H10N2O5S2. The summed E-state index contributed by atoms with van der Waals surface area (Å²) in [5, 5.41) is 8.98. The van der Waals surface area contributed by atoms with Crippen LogP contribution in [-0.4, -0.2) is 24.5 Å². The van der Waals surface area contributed by atoms with Gasteiger partial charge in [0.2, 0.25) is 5.76 Å². The molecule has 19 heavy (non-hydrogen) atoms. The number of rotatable bonds is 4. The van der Waals surface area contributed by atoms with Crippen LogP contribution in [0.2, 0.25) is 0 Å². The van der Waals surface area contributed by atoms with E-state index >= 15 is 0 Å². The van der Waals surface area contributed by atoms with Crippen LogP contribution in [0, 0.1) is 13.8 Å². The highest BCUT2D eigenvalue weighted by molar-refractivity contribution is 7.93. The molecule has 0 amide bonds. The van der Waals surface area contributed by atoms with E-state index < -0.39 is 21.8 Å². The summed E-state index contributed by atoms with van der Waals surface area (Å²) in [5.74, 6) is -1.74. The normalized spacial score (nSPS) is 11.5. The molecule has 2 N–H and O–H groups in total. The van der Waals surface area contributed by atoms with Crippen molar-refractivity contribution in [1.82, 2.24) is 4.98 Å². The Hall–Kier alpha value is -1.87. The second-order valence-corrected chi connectivity index (χ2v) is 6.60. The third kappa shape index (κ3) is 2.76. The number of hydrogen-bond acceptors (Lipinski definition) is 6. The second-order valence-electron chi connectivity index (χ2n) is 3.72. The maximum atomic E-state index is 12.1. The predicted molar refractivity (Wildman–Crippen MR) is 68.1 cm³/mol. The Labute approximate surface area is 113 Å². The van der Waals surface area contributed by atoms with Crippen LogP contribution in [0.3, 0.4) is 0 Å². The van der Waals surface area contributed by atoms with E-state index in [1.807, 2.05) is 0 Å². The van der Waals surface area contributed by atoms with Crippen LogP contribution in [0.15, 0.2) is 21.6 Å². The first-order valence-electron chi connectivity index (χ1n) is 5.08. The fraction of sp³-hybridized carbons (Fsp3) is 0.200. The van der Waals surface area contributed by atoms with Crippen molar-refractivity contribution in [2.75, 3.05) is 4.72 Å². The summed E-state index contributed by atoms with van der Waals surface area (Å²) in [6, 6.07) is 0.973. The highest BCUT2D eigenvalue weighted by Crippen LogP contribution is 2.25. The van der Waals surface area contributed by atoms with Crippen LogP contribution >= 0.6 is 11.3 Å². The highest BCUT2D eigenvalue weighted by Gasteiger charge is 2.24. The Kier molecular flexibility index (Phi) is 3.33. The summed E-state index contributed by atoms with van der Waals surface area (Å²) >= 11 is 1.18. The Morgan fingerprint density at radius 2 is 2.16 bits per heavy atom. The van der Waals surface area contributed by atoms with Gasteiger partial charge >= 0.3 is 5.97 Å². The van der Waals surface area contributed by atoms with Crippen molar-refractivity contribution in [2.24, 2.45) is 0 Å². The number of carboxylic acid groups (broad SMARTS) is 1. The lowest BCUT2D eigenvalue weighted by Gasteiger charge is -2.02. The van der Waals surface area contributed by atoms with Gasteiger partial charge in [-0.3, -0.25) is 4.72 Å². The number of thiazole rings is 1. The number of carboxylic acids is 1. The Bertz CT molecular complexity index is 729. The highest BCUT2D eigenvalue weighted by atomic mass is 32.2. The first kappa shape index (κ1) is 13.6. The summed E-state index contributed by atoms with van der Waals surface area (Å²) in [6.07, 6.45) is 1.54. The van der Waals surface area contributed by atoms with Crippen LogP contribution in [-0.2, 0) is 10.0 Å². The number of aromatic nitrogens is 1. The SMILES string of the molecule is Cc1cnc(NS(=O)(=O)c2cc(C(=O)O)oc2C)s1. The van der Waals surface area contributed by atoms with Crippen LogP contribution in [0.25, 0.3) is 0 Å². The Balaban J connectivity index is 2.37. The lowest BCUT2D eigenvalue weighted by atomic mass is 10.4. The van der Waals surface area contributed by atoms with E-state index in [1.165, 1.54) is 24.5 Å². The summed E-state index contributed by atoms with van der Waals surface area (Å²) < 4.78 is 31.3. The molecule has 0 radical (unpaired) electrons. The molecule has 0 atom stereocenters. The smallest absolute Gasteiger partial charge is 0.371 e. The number of sulfonamides is 1. The van der Waals surface area contributed by atoms with Crippen molar-refractivity contribution in [3.05, 3.63) is 28.7 Å². The molecule has 0 bridgehead atoms. The number of furan rings is 1. The van der Waals surface area contributed by atoms with Gasteiger partial charge in [0.15, 0.2) is 5.13 Å². The second kappa shape index (κ2) is 4.67. The fourth-order valence-electron chi connectivity index (χ4n) is 1.41. The fourth-order valence-corrected chi connectivity index (χ4v) is 3.50. The van der Waals surface area contributed by atoms with Gasteiger partial charge in [-0.15, -0.1) is 11.3 Å². The van der Waals surface area contributed by atoms with Gasteiger partial charge in [0.1, 0.15) is 10.7 Å². The number of aromatic carboxylic acids is 1. The van der Waals surface area contributed by atoms with E-state index in [-0.39, 0.29) is 15.8 Å². The number of nitrogens with one attached hydrogen (secondary N) is 1. The number of hydrogen-bond donors (Lipinski definition) is 2. The minimum absolute atomic E-state index is 0.0122. The van der Waals surface area contributed by atoms with E-state index in [4.69, 9.17) is 9.52 Å². The molecule has 0 aliphatic heterocycles. The predicted octanol–water partition coefficient (Wildman–Crippen LogP) is 1.85. The summed E-state index contributed by atoms with van der Waals surface area (Å²) in [4.78, 5) is 15.3. The van der Waals surface area contributed by atoms with Crippen LogP contribution in [0.5, 0.6) is 0 Å². The Morgan fingerprint density at radius 3 is 2.63 bits per heavy atom. The van der Waals surface area contributed by atoms with Crippen LogP contribution in [0.4, 0.5) is 5.13 Å². The molecular weight excluding hydrogens is 292 g/mol. The van der Waals surface area contributed by atoms with Crippen LogP contribution in [0.1, 0.15) is 21.2 Å². The molecule has 0 aromatic carbocycles. The lowest BCUT2D eigenvalue weighted by Crippen LogP contribution is -2.13. The van der Waals surface area contributed by atoms with Gasteiger partial charge in [-0.25, -0.2) is 18.2 Å². The van der Waals surface area contributed by atoms with Crippen molar-refractivity contribution in [2.45, 2.75) is 18.7 Å². The average Bonchev–Trinajstić information content (AvgIpc) is 2.85. The molecule has 0 unspecified atom stereocenters. The molecule has 0 saturated carbocycles. The maximum Gasteiger partial charge on any atom is 0.371 e. The van der Waals surface area contributed by atoms with E-state index in [2.05, 4.69) is 9.71 Å². The number of aryl methyl sites for hydroxylation is 2. The third-order valence-corrected chi connectivity index (χ3v) is 4.62. The first-order chi connectivity index (χ1) is 8.79. The standard InChI is InChI=1S/C10H10N2O5S2/c1-5-4-11-10(18-5)12-19(15,16)8-3-7(9(13)14)17-6(8)2/h3-4H,1-2H3,(H,11,12)(H,13,14). The van der Waals surface area contributed by atoms with E-state index in [0.717, 1.165) is 10.9 Å². The van der Waals surface area contributed by atoms with Gasteiger partial charge in [-0.1, -0.05) is 0 Å². The summed E-state index contributed by atoms with van der Waals surface area (Å²) in [5.41, 5.74) is 0. The molecule has 0 aliphatic rings. The first-order valence-corrected chi connectivity index (χ1v) is 7.38. The van der Waals surface area contributed by atoms with E-state index in [9.17, 15) is 13.2 Å². The van der Waals surface area contributed by atoms with E-state index in [0.29, 0.717) is 0 Å². The van der Waals surface area contributed by atoms with Crippen molar-refractivity contribution >= 4 is 32.5 Å². The third-order valence-electron chi connectivity index (χ3n) is 2.22. The molecule has 9 heteroatoms. The molecule has 102 valence electrons. The van der Waals surface area contributed by atoms with Crippen molar-refractivity contribution in [3.8, 4) is 0 Å². The van der Waals surface area contributed by atoms with Gasteiger partial charge in [-0.05, 0) is 13.8 Å². The van der Waals surface area contributed by atoms with E-state index in [1.54, 1.807) is 6.92 Å². The average molecular weight is 302 g/mol. The molecule has 2 aromatic heterocycles. The minimum Gasteiger partial charge on any atom is -0.475 e. The topological polar surface area (TPSA) is 110 Å². The molecule has 2 rings (SSSR count). The molecule has 0 saturated heterocycles. The van der Waals surface area contributed by atoms with Crippen LogP contribution < -0.4 is 4.72 Å². The Morgan fingerprint density at radius 1 is 1.47 bits per heavy atom. The van der Waals surface area contributed by atoms with Crippen molar-refractivity contribution < 1.29 is 22.7 Å². The summed E-state index contributed by atoms with van der Waals surface area (Å²) in [6.45, 7) is 3.18. The minimum atomic E-state index is -3.90. The quantitative estimate of drug-likeness (QED) is 0.892. The number of anilines is 1. The zero-order chi connectivity index (χ0) is 14.2. The van der Waals surface area contributed by atoms with Gasteiger partial charge in [0.25, 0.3) is 10.0 Å². The lowest BCUT2D eigenvalue weighted by molar-refractivity contribution is 0.0661. The van der Waals surface area contributed by atoms with Gasteiger partial charge in [-0.2, -0.15) is 0 Å². The van der Waals surface area contributed by atoms with Gasteiger partial charge in [0, 0.05) is 17.1 Å². The number of nitrogens with zero attached hydrogens (tertiary/aromatic N) is 1. The van der Waals surface area contributed by atoms with Gasteiger partial charge in [0.05, 0.1) is 0 Å². The van der Waals surface area contributed by atoms with Crippen molar-refractivity contribution in [1.29, 1.82) is 0 Å². The largest absolute Gasteiger partial charge is 0.475 e. The monoisotopic (exact) mass is 302 g/mol. The molecule has 2 aromatic rings. The van der Waals surface area contributed by atoms with Gasteiger partial charge < -0.3 is 9.52 Å². The van der Waals surface area contributed by atoms with Crippen molar-refractivity contribution in [3.63, 3.8) is 0 Å². The summed E-state index contributed by atoms with van der Waals surface area (Å²) in [7, 11) is -3.90. The zero-order valence-electron chi connectivity index (χ0n) is 10.00. The molecule has 2 heterocycles. The maximum absolute atomic E-state index is 12.1. The molecule has 0 spiro atoms. The molecule has 7 nitrogen and oxygen atoms in total. The molecule has 0 fully saturated rings.